The first kappa shape index (κ1) is 15.9. The first-order valence-electron chi connectivity index (χ1n) is 6.51. The van der Waals surface area contributed by atoms with E-state index in [1.807, 2.05) is 0 Å². The van der Waals surface area contributed by atoms with Crippen LogP contribution < -0.4 is 10.1 Å². The number of aryl methyl sites for hydroxylation is 1. The molecule has 0 aliphatic rings. The molecule has 1 aromatic heterocycles. The second-order valence-electron chi connectivity index (χ2n) is 4.54. The van der Waals surface area contributed by atoms with E-state index in [1.54, 1.807) is 11.3 Å². The highest BCUT2D eigenvalue weighted by Crippen LogP contribution is 2.33. The Balaban J connectivity index is 2.08. The summed E-state index contributed by atoms with van der Waals surface area (Å²) in [5.74, 6) is 0.932. The van der Waals surface area contributed by atoms with Gasteiger partial charge in [0, 0.05) is 15.9 Å². The van der Waals surface area contributed by atoms with Crippen LogP contribution in [0.2, 0.25) is 0 Å². The van der Waals surface area contributed by atoms with Crippen molar-refractivity contribution in [3.63, 3.8) is 0 Å². The first-order chi connectivity index (χ1) is 9.60. The molecular weight excluding hydrogens is 402 g/mol. The average Bonchev–Trinajstić information content (AvgIpc) is 2.74. The summed E-state index contributed by atoms with van der Waals surface area (Å²) in [6, 6.07) is 8.39. The van der Waals surface area contributed by atoms with Crippen LogP contribution in [0.25, 0.3) is 0 Å². The molecule has 0 aliphatic carbocycles. The maximum absolute atomic E-state index is 5.81. The highest BCUT2D eigenvalue weighted by atomic mass is 79.9. The van der Waals surface area contributed by atoms with Gasteiger partial charge in [0.05, 0.1) is 16.1 Å². The van der Waals surface area contributed by atoms with E-state index in [9.17, 15) is 0 Å². The van der Waals surface area contributed by atoms with Crippen molar-refractivity contribution in [1.82, 2.24) is 0 Å². The van der Waals surface area contributed by atoms with Gasteiger partial charge in [-0.15, -0.1) is 11.3 Å². The van der Waals surface area contributed by atoms with Crippen LogP contribution in [0.5, 0.6) is 5.75 Å². The monoisotopic (exact) mass is 417 g/mol. The standard InChI is InChI=1S/C15H17Br2NOS/c1-3-6-19-14-7-10(2)4-5-13(14)18-9-11-8-12(16)15(17)20-11/h4-5,7-8,18H,3,6,9H2,1-2H3. The van der Waals surface area contributed by atoms with E-state index < -0.39 is 0 Å². The molecule has 1 N–H and O–H groups in total. The van der Waals surface area contributed by atoms with Crippen LogP contribution in [-0.2, 0) is 6.54 Å². The number of nitrogens with one attached hydrogen (secondary N) is 1. The van der Waals surface area contributed by atoms with E-state index in [2.05, 4.69) is 75.3 Å². The number of ether oxygens (including phenoxy) is 1. The predicted octanol–water partition coefficient (Wildman–Crippen LogP) is 5.98. The molecular formula is C15H17Br2NOS. The van der Waals surface area contributed by atoms with Crippen LogP contribution >= 0.6 is 43.2 Å². The minimum Gasteiger partial charge on any atom is -0.491 e. The van der Waals surface area contributed by atoms with Gasteiger partial charge in [-0.2, -0.15) is 0 Å². The Morgan fingerprint density at radius 3 is 2.70 bits per heavy atom. The molecule has 0 unspecified atom stereocenters. The molecule has 108 valence electrons. The summed E-state index contributed by atoms with van der Waals surface area (Å²) >= 11 is 8.76. The van der Waals surface area contributed by atoms with E-state index in [0.717, 1.165) is 39.3 Å². The molecule has 20 heavy (non-hydrogen) atoms. The second-order valence-corrected chi connectivity index (χ2v) is 7.84. The fraction of sp³-hybridized carbons (Fsp3) is 0.333. The zero-order chi connectivity index (χ0) is 14.5. The first-order valence-corrected chi connectivity index (χ1v) is 8.91. The summed E-state index contributed by atoms with van der Waals surface area (Å²) in [7, 11) is 0. The molecule has 1 aromatic carbocycles. The van der Waals surface area contributed by atoms with Crippen molar-refractivity contribution in [2.45, 2.75) is 26.8 Å². The summed E-state index contributed by atoms with van der Waals surface area (Å²) in [5, 5.41) is 3.45. The van der Waals surface area contributed by atoms with Crippen molar-refractivity contribution in [1.29, 1.82) is 0 Å². The fourth-order valence-corrected chi connectivity index (χ4v) is 3.88. The molecule has 0 spiro atoms. The molecule has 0 saturated carbocycles. The van der Waals surface area contributed by atoms with Crippen LogP contribution in [0.4, 0.5) is 5.69 Å². The SMILES string of the molecule is CCCOc1cc(C)ccc1NCc1cc(Br)c(Br)s1. The van der Waals surface area contributed by atoms with Gasteiger partial charge in [0.15, 0.2) is 0 Å². The topological polar surface area (TPSA) is 21.3 Å². The molecule has 5 heteroatoms. The number of anilines is 1. The molecule has 0 amide bonds. The van der Waals surface area contributed by atoms with E-state index in [-0.39, 0.29) is 0 Å². The van der Waals surface area contributed by atoms with Gasteiger partial charge in [0.25, 0.3) is 0 Å². The molecule has 1 heterocycles. The van der Waals surface area contributed by atoms with Gasteiger partial charge in [-0.25, -0.2) is 0 Å². The van der Waals surface area contributed by atoms with Crippen molar-refractivity contribution < 1.29 is 4.74 Å². The van der Waals surface area contributed by atoms with Gasteiger partial charge in [0.2, 0.25) is 0 Å². The lowest BCUT2D eigenvalue weighted by Crippen LogP contribution is -2.03. The molecule has 2 rings (SSSR count). The lowest BCUT2D eigenvalue weighted by Gasteiger charge is -2.13. The van der Waals surface area contributed by atoms with Crippen molar-refractivity contribution in [3.05, 3.63) is 43.0 Å². The van der Waals surface area contributed by atoms with Gasteiger partial charge in [0.1, 0.15) is 5.75 Å². The van der Waals surface area contributed by atoms with Crippen LogP contribution in [0, 0.1) is 6.92 Å². The Kier molecular flexibility index (Phi) is 5.93. The highest BCUT2D eigenvalue weighted by molar-refractivity contribution is 9.13. The minimum absolute atomic E-state index is 0.744. The molecule has 0 aliphatic heterocycles. The zero-order valence-electron chi connectivity index (χ0n) is 11.5. The summed E-state index contributed by atoms with van der Waals surface area (Å²) in [6.45, 7) is 5.73. The molecule has 0 bridgehead atoms. The second kappa shape index (κ2) is 7.48. The largest absolute Gasteiger partial charge is 0.491 e. The van der Waals surface area contributed by atoms with Gasteiger partial charge in [-0.3, -0.25) is 0 Å². The van der Waals surface area contributed by atoms with Gasteiger partial charge < -0.3 is 10.1 Å². The van der Waals surface area contributed by atoms with Crippen LogP contribution in [0.15, 0.2) is 32.5 Å². The van der Waals surface area contributed by atoms with E-state index in [4.69, 9.17) is 4.74 Å². The molecule has 0 saturated heterocycles. The molecule has 0 atom stereocenters. The lowest BCUT2D eigenvalue weighted by molar-refractivity contribution is 0.318. The van der Waals surface area contributed by atoms with Crippen molar-refractivity contribution in [3.8, 4) is 5.75 Å². The quantitative estimate of drug-likeness (QED) is 0.622. The third-order valence-corrected chi connectivity index (χ3v) is 6.00. The lowest BCUT2D eigenvalue weighted by atomic mass is 10.2. The number of rotatable bonds is 6. The maximum atomic E-state index is 5.81. The average molecular weight is 419 g/mol. The summed E-state index contributed by atoms with van der Waals surface area (Å²) in [4.78, 5) is 1.27. The highest BCUT2D eigenvalue weighted by Gasteiger charge is 2.07. The predicted molar refractivity (Wildman–Crippen MR) is 94.0 cm³/mol. The Labute approximate surface area is 140 Å². The van der Waals surface area contributed by atoms with Crippen LogP contribution in [-0.4, -0.2) is 6.61 Å². The summed E-state index contributed by atoms with van der Waals surface area (Å²) < 4.78 is 8.03. The number of hydrogen-bond acceptors (Lipinski definition) is 3. The van der Waals surface area contributed by atoms with Gasteiger partial charge in [-0.1, -0.05) is 13.0 Å². The Hall–Kier alpha value is -0.520. The van der Waals surface area contributed by atoms with Crippen molar-refractivity contribution >= 4 is 48.9 Å². The number of halogens is 2. The fourth-order valence-electron chi connectivity index (χ4n) is 1.77. The van der Waals surface area contributed by atoms with Gasteiger partial charge in [-0.05, 0) is 69.0 Å². The number of thiophene rings is 1. The van der Waals surface area contributed by atoms with Crippen molar-refractivity contribution in [2.75, 3.05) is 11.9 Å². The number of benzene rings is 1. The van der Waals surface area contributed by atoms with E-state index in [1.165, 1.54) is 10.4 Å². The van der Waals surface area contributed by atoms with E-state index in [0.29, 0.717) is 0 Å². The molecule has 0 fully saturated rings. The van der Waals surface area contributed by atoms with Crippen LogP contribution in [0.1, 0.15) is 23.8 Å². The molecule has 2 nitrogen and oxygen atoms in total. The smallest absolute Gasteiger partial charge is 0.142 e. The zero-order valence-corrected chi connectivity index (χ0v) is 15.5. The third-order valence-electron chi connectivity index (χ3n) is 2.75. The number of hydrogen-bond donors (Lipinski definition) is 1. The van der Waals surface area contributed by atoms with Crippen molar-refractivity contribution in [2.24, 2.45) is 0 Å². The third kappa shape index (κ3) is 4.24. The normalized spacial score (nSPS) is 10.6. The maximum Gasteiger partial charge on any atom is 0.142 e. The summed E-state index contributed by atoms with van der Waals surface area (Å²) in [5.41, 5.74) is 2.26. The Bertz CT molecular complexity index is 564. The van der Waals surface area contributed by atoms with Crippen LogP contribution in [0.3, 0.4) is 0 Å². The van der Waals surface area contributed by atoms with E-state index >= 15 is 0 Å². The van der Waals surface area contributed by atoms with Gasteiger partial charge >= 0.3 is 0 Å². The summed E-state index contributed by atoms with van der Waals surface area (Å²) in [6.07, 6.45) is 1.01. The Morgan fingerprint density at radius 2 is 2.05 bits per heavy atom. The Morgan fingerprint density at radius 1 is 1.25 bits per heavy atom. The molecule has 2 aromatic rings. The minimum atomic E-state index is 0.744. The molecule has 0 radical (unpaired) electrons.